The van der Waals surface area contributed by atoms with E-state index < -0.39 is 4.92 Å². The van der Waals surface area contributed by atoms with E-state index in [9.17, 15) is 14.9 Å². The average molecular weight is 257 g/mol. The maximum atomic E-state index is 12.3. The van der Waals surface area contributed by atoms with E-state index in [1.54, 1.807) is 24.3 Å². The van der Waals surface area contributed by atoms with Gasteiger partial charge in [0.25, 0.3) is 5.69 Å². The summed E-state index contributed by atoms with van der Waals surface area (Å²) in [6.07, 6.45) is 0. The van der Waals surface area contributed by atoms with Crippen LogP contribution in [0.1, 0.15) is 15.9 Å². The van der Waals surface area contributed by atoms with Crippen molar-refractivity contribution in [2.75, 3.05) is 7.11 Å². The lowest BCUT2D eigenvalue weighted by Crippen LogP contribution is -2.04. The van der Waals surface area contributed by atoms with E-state index in [1.165, 1.54) is 25.3 Å². The molecule has 5 nitrogen and oxygen atoms in total. The van der Waals surface area contributed by atoms with E-state index in [2.05, 4.69) is 0 Å². The van der Waals surface area contributed by atoms with Crippen molar-refractivity contribution in [3.05, 3.63) is 69.8 Å². The Bertz CT molecular complexity index is 623. The van der Waals surface area contributed by atoms with Crippen LogP contribution in [0.4, 0.5) is 5.69 Å². The molecule has 0 spiro atoms. The summed E-state index contributed by atoms with van der Waals surface area (Å²) in [6, 6.07) is 12.6. The maximum Gasteiger partial charge on any atom is 0.273 e. The fourth-order valence-electron chi connectivity index (χ4n) is 1.73. The van der Waals surface area contributed by atoms with Gasteiger partial charge < -0.3 is 4.74 Å². The van der Waals surface area contributed by atoms with Gasteiger partial charge in [-0.25, -0.2) is 0 Å². The second-order valence-electron chi connectivity index (χ2n) is 3.84. The molecule has 0 bridgehead atoms. The molecule has 2 aromatic carbocycles. The van der Waals surface area contributed by atoms with E-state index >= 15 is 0 Å². The SMILES string of the molecule is COc1cc([N+](=O)[O-])ccc1C(=O)c1ccccc1. The highest BCUT2D eigenvalue weighted by Crippen LogP contribution is 2.26. The molecular weight excluding hydrogens is 246 g/mol. The minimum Gasteiger partial charge on any atom is -0.496 e. The molecule has 0 saturated carbocycles. The van der Waals surface area contributed by atoms with Crippen LogP contribution in [0.25, 0.3) is 0 Å². The zero-order valence-corrected chi connectivity index (χ0v) is 10.2. The van der Waals surface area contributed by atoms with Crippen LogP contribution >= 0.6 is 0 Å². The first-order chi connectivity index (χ1) is 9.13. The molecule has 0 heterocycles. The normalized spacial score (nSPS) is 9.95. The van der Waals surface area contributed by atoms with E-state index in [0.29, 0.717) is 11.1 Å². The quantitative estimate of drug-likeness (QED) is 0.479. The number of nitro benzene ring substituents is 1. The summed E-state index contributed by atoms with van der Waals surface area (Å²) in [7, 11) is 1.38. The predicted molar refractivity (Wildman–Crippen MR) is 69.5 cm³/mol. The summed E-state index contributed by atoms with van der Waals surface area (Å²) in [5.74, 6) is -0.0320. The van der Waals surface area contributed by atoms with Gasteiger partial charge in [0.1, 0.15) is 5.75 Å². The van der Waals surface area contributed by atoms with Crippen LogP contribution in [0.5, 0.6) is 5.75 Å². The Morgan fingerprint density at radius 3 is 2.42 bits per heavy atom. The number of methoxy groups -OCH3 is 1. The lowest BCUT2D eigenvalue weighted by molar-refractivity contribution is -0.384. The number of carbonyl (C=O) groups is 1. The molecule has 2 aromatic rings. The second-order valence-corrected chi connectivity index (χ2v) is 3.84. The van der Waals surface area contributed by atoms with E-state index in [-0.39, 0.29) is 17.2 Å². The molecule has 5 heteroatoms. The van der Waals surface area contributed by atoms with Gasteiger partial charge in [-0.05, 0) is 6.07 Å². The van der Waals surface area contributed by atoms with Crippen LogP contribution in [-0.2, 0) is 0 Å². The Hall–Kier alpha value is -2.69. The largest absolute Gasteiger partial charge is 0.496 e. The highest BCUT2D eigenvalue weighted by atomic mass is 16.6. The van der Waals surface area contributed by atoms with Gasteiger partial charge in [0.15, 0.2) is 5.78 Å². The van der Waals surface area contributed by atoms with Crippen molar-refractivity contribution in [2.24, 2.45) is 0 Å². The van der Waals surface area contributed by atoms with Crippen molar-refractivity contribution >= 4 is 11.5 Å². The van der Waals surface area contributed by atoms with Crippen molar-refractivity contribution < 1.29 is 14.5 Å². The van der Waals surface area contributed by atoms with E-state index in [1.807, 2.05) is 6.07 Å². The number of rotatable bonds is 4. The number of hydrogen-bond acceptors (Lipinski definition) is 4. The monoisotopic (exact) mass is 257 g/mol. The van der Waals surface area contributed by atoms with Gasteiger partial charge in [-0.2, -0.15) is 0 Å². The zero-order chi connectivity index (χ0) is 13.8. The first-order valence-corrected chi connectivity index (χ1v) is 5.55. The molecule has 96 valence electrons. The molecule has 19 heavy (non-hydrogen) atoms. The number of ether oxygens (including phenoxy) is 1. The van der Waals surface area contributed by atoms with Gasteiger partial charge >= 0.3 is 0 Å². The smallest absolute Gasteiger partial charge is 0.273 e. The molecule has 0 atom stereocenters. The summed E-state index contributed by atoms with van der Waals surface area (Å²) >= 11 is 0. The first kappa shape index (κ1) is 12.8. The summed E-state index contributed by atoms with van der Waals surface area (Å²) in [5, 5.41) is 10.7. The van der Waals surface area contributed by atoms with Crippen molar-refractivity contribution in [2.45, 2.75) is 0 Å². The van der Waals surface area contributed by atoms with Gasteiger partial charge in [0, 0.05) is 11.6 Å². The molecule has 0 radical (unpaired) electrons. The second kappa shape index (κ2) is 5.30. The van der Waals surface area contributed by atoms with E-state index in [4.69, 9.17) is 4.74 Å². The fourth-order valence-corrected chi connectivity index (χ4v) is 1.73. The van der Waals surface area contributed by atoms with Gasteiger partial charge in [-0.1, -0.05) is 30.3 Å². The van der Waals surface area contributed by atoms with Gasteiger partial charge in [-0.15, -0.1) is 0 Å². The number of nitrogens with zero attached hydrogens (tertiary/aromatic N) is 1. The Morgan fingerprint density at radius 2 is 1.84 bits per heavy atom. The van der Waals surface area contributed by atoms with Crippen molar-refractivity contribution in [3.8, 4) is 5.75 Å². The number of nitro groups is 1. The Labute approximate surface area is 109 Å². The molecule has 0 fully saturated rings. The van der Waals surface area contributed by atoms with Crippen LogP contribution < -0.4 is 4.74 Å². The minimum atomic E-state index is -0.528. The molecule has 0 aliphatic carbocycles. The van der Waals surface area contributed by atoms with Gasteiger partial charge in [0.2, 0.25) is 0 Å². The minimum absolute atomic E-state index is 0.110. The third-order valence-electron chi connectivity index (χ3n) is 2.68. The first-order valence-electron chi connectivity index (χ1n) is 5.55. The van der Waals surface area contributed by atoms with Crippen LogP contribution in [-0.4, -0.2) is 17.8 Å². The summed E-state index contributed by atoms with van der Waals surface area (Å²) < 4.78 is 5.05. The number of ketones is 1. The van der Waals surface area contributed by atoms with Gasteiger partial charge in [-0.3, -0.25) is 14.9 Å². The average Bonchev–Trinajstić information content (AvgIpc) is 2.46. The molecule has 0 aliphatic heterocycles. The lowest BCUT2D eigenvalue weighted by Gasteiger charge is -2.07. The molecular formula is C14H11NO4. The number of benzene rings is 2. The van der Waals surface area contributed by atoms with Gasteiger partial charge in [0.05, 0.1) is 23.7 Å². The molecule has 2 rings (SSSR count). The van der Waals surface area contributed by atoms with Crippen molar-refractivity contribution in [1.82, 2.24) is 0 Å². The third kappa shape index (κ3) is 2.60. The van der Waals surface area contributed by atoms with Crippen molar-refractivity contribution in [3.63, 3.8) is 0 Å². The van der Waals surface area contributed by atoms with Crippen molar-refractivity contribution in [1.29, 1.82) is 0 Å². The van der Waals surface area contributed by atoms with E-state index in [0.717, 1.165) is 0 Å². The standard InChI is InChI=1S/C14H11NO4/c1-19-13-9-11(15(17)18)7-8-12(13)14(16)10-5-3-2-4-6-10/h2-9H,1H3. The summed E-state index contributed by atoms with van der Waals surface area (Å²) in [6.45, 7) is 0. The zero-order valence-electron chi connectivity index (χ0n) is 10.2. The molecule has 0 aliphatic rings. The molecule has 0 unspecified atom stereocenters. The lowest BCUT2D eigenvalue weighted by atomic mass is 10.0. The highest BCUT2D eigenvalue weighted by molar-refractivity contribution is 6.10. The maximum absolute atomic E-state index is 12.3. The van der Waals surface area contributed by atoms with Crippen LogP contribution in [0, 0.1) is 10.1 Å². The highest BCUT2D eigenvalue weighted by Gasteiger charge is 2.17. The van der Waals surface area contributed by atoms with Crippen LogP contribution in [0.2, 0.25) is 0 Å². The Balaban J connectivity index is 2.45. The predicted octanol–water partition coefficient (Wildman–Crippen LogP) is 2.83. The number of non-ortho nitro benzene ring substituents is 1. The number of hydrogen-bond donors (Lipinski definition) is 0. The molecule has 0 N–H and O–H groups in total. The van der Waals surface area contributed by atoms with Crippen LogP contribution in [0.15, 0.2) is 48.5 Å². The topological polar surface area (TPSA) is 69.4 Å². The fraction of sp³-hybridized carbons (Fsp3) is 0.0714. The third-order valence-corrected chi connectivity index (χ3v) is 2.68. The molecule has 0 saturated heterocycles. The Morgan fingerprint density at radius 1 is 1.16 bits per heavy atom. The summed E-state index contributed by atoms with van der Waals surface area (Å²) in [4.78, 5) is 22.4. The molecule has 0 aromatic heterocycles. The molecule has 0 amide bonds. The summed E-state index contributed by atoms with van der Waals surface area (Å²) in [5.41, 5.74) is 0.704. The van der Waals surface area contributed by atoms with Crippen LogP contribution in [0.3, 0.4) is 0 Å². The Kier molecular flexibility index (Phi) is 3.56. The number of carbonyl (C=O) groups excluding carboxylic acids is 1.